The average Bonchev–Trinajstić information content (AvgIpc) is 1.25. The summed E-state index contributed by atoms with van der Waals surface area (Å²) in [6.45, 7) is 8.14. The summed E-state index contributed by atoms with van der Waals surface area (Å²) in [6, 6.07) is 0. The van der Waals surface area contributed by atoms with E-state index in [-0.39, 0.29) is 0 Å². The monoisotopic (exact) mass is 173 g/mol. The van der Waals surface area contributed by atoms with Crippen molar-refractivity contribution in [3.05, 3.63) is 0 Å². The summed E-state index contributed by atoms with van der Waals surface area (Å²) in [6.07, 6.45) is 0. The first kappa shape index (κ1) is 11.6. The number of rotatable bonds is 0. The maximum Gasteiger partial charge on any atom is 0.451 e. The molecule has 0 fully saturated rings. The van der Waals surface area contributed by atoms with Gasteiger partial charge in [-0.05, 0) is 20.0 Å². The molecule has 0 heterocycles. The van der Waals surface area contributed by atoms with Gasteiger partial charge in [-0.15, -0.1) is 7.92 Å². The van der Waals surface area contributed by atoms with E-state index in [1.807, 2.05) is 0 Å². The van der Waals surface area contributed by atoms with Gasteiger partial charge in [0.1, 0.15) is 0 Å². The Labute approximate surface area is 58.1 Å². The Morgan fingerprint density at radius 2 is 1.38 bits per heavy atom. The van der Waals surface area contributed by atoms with Gasteiger partial charge in [-0.2, -0.15) is 0 Å². The Balaban J connectivity index is 0. The molecule has 0 amide bonds. The molecule has 8 heavy (non-hydrogen) atoms. The van der Waals surface area contributed by atoms with Crippen molar-refractivity contribution in [2.24, 2.45) is 0 Å². The van der Waals surface area contributed by atoms with Crippen LogP contribution in [0.25, 0.3) is 0 Å². The first-order chi connectivity index (χ1) is 3.46. The van der Waals surface area contributed by atoms with E-state index in [0.29, 0.717) is 7.92 Å². The predicted molar refractivity (Wildman–Crippen MR) is 44.1 cm³/mol. The molecule has 0 aromatic carbocycles. The van der Waals surface area contributed by atoms with Gasteiger partial charge in [-0.25, -0.2) is 0 Å². The molecular formula is C4H12ClOP2+. The highest BCUT2D eigenvalue weighted by Gasteiger charge is 1.88. The summed E-state index contributed by atoms with van der Waals surface area (Å²) in [5.41, 5.74) is 0. The number of halogens is 1. The van der Waals surface area contributed by atoms with Gasteiger partial charge in [-0.3, -0.25) is 0 Å². The van der Waals surface area contributed by atoms with Crippen molar-refractivity contribution in [3.8, 4) is 0 Å². The van der Waals surface area contributed by atoms with E-state index in [1.165, 1.54) is 6.66 Å². The van der Waals surface area contributed by atoms with Crippen LogP contribution in [0.3, 0.4) is 0 Å². The highest BCUT2D eigenvalue weighted by atomic mass is 35.7. The Kier molecular flexibility index (Phi) is 11.3. The fourth-order valence-corrected chi connectivity index (χ4v) is 0. The molecule has 4 heteroatoms. The third-order valence-corrected chi connectivity index (χ3v) is 0. The molecule has 0 aromatic heterocycles. The second-order valence-electron chi connectivity index (χ2n) is 1.76. The second kappa shape index (κ2) is 7.82. The van der Waals surface area contributed by atoms with Crippen LogP contribution in [0.2, 0.25) is 0 Å². The fourth-order valence-electron chi connectivity index (χ4n) is 0. The lowest BCUT2D eigenvalue weighted by molar-refractivity contribution is 0.598. The van der Waals surface area contributed by atoms with E-state index in [9.17, 15) is 4.57 Å². The molecule has 0 aromatic rings. The van der Waals surface area contributed by atoms with Gasteiger partial charge in [0.05, 0.1) is 0 Å². The van der Waals surface area contributed by atoms with Gasteiger partial charge >= 0.3 is 7.15 Å². The quantitative estimate of drug-likeness (QED) is 0.515. The smallest absolute Gasteiger partial charge is 0.116 e. The van der Waals surface area contributed by atoms with Gasteiger partial charge in [0, 0.05) is 0 Å². The topological polar surface area (TPSA) is 17.1 Å². The highest BCUT2D eigenvalue weighted by Crippen LogP contribution is 2.17. The van der Waals surface area contributed by atoms with Gasteiger partial charge in [0.2, 0.25) is 11.2 Å². The fraction of sp³-hybridized carbons (Fsp3) is 1.00. The molecule has 0 saturated heterocycles. The van der Waals surface area contributed by atoms with Crippen molar-refractivity contribution < 1.29 is 4.57 Å². The Morgan fingerprint density at radius 3 is 1.38 bits per heavy atom. The van der Waals surface area contributed by atoms with Crippen molar-refractivity contribution in [2.75, 3.05) is 26.7 Å². The molecule has 1 unspecified atom stereocenters. The van der Waals surface area contributed by atoms with E-state index in [4.69, 9.17) is 11.2 Å². The van der Waals surface area contributed by atoms with Crippen LogP contribution in [0, 0.1) is 0 Å². The number of hydrogen-bond donors (Lipinski definition) is 0. The Bertz CT molecular complexity index is 58.3. The summed E-state index contributed by atoms with van der Waals surface area (Å²) < 4.78 is 9.36. The van der Waals surface area contributed by atoms with Crippen molar-refractivity contribution in [3.63, 3.8) is 0 Å². The van der Waals surface area contributed by atoms with E-state index < -0.39 is 7.15 Å². The van der Waals surface area contributed by atoms with Crippen LogP contribution in [0.5, 0.6) is 0 Å². The van der Waals surface area contributed by atoms with Crippen molar-refractivity contribution in [1.29, 1.82) is 0 Å². The van der Waals surface area contributed by atoms with E-state index >= 15 is 0 Å². The molecule has 0 aliphatic carbocycles. The van der Waals surface area contributed by atoms with Gasteiger partial charge in [-0.1, -0.05) is 4.57 Å². The average molecular weight is 174 g/mol. The normalized spacial score (nSPS) is 10.0. The Hall–Kier alpha value is 0.820. The summed E-state index contributed by atoms with van der Waals surface area (Å²) in [4.78, 5) is 0. The molecule has 0 spiro atoms. The molecule has 0 aliphatic rings. The van der Waals surface area contributed by atoms with Gasteiger partial charge < -0.3 is 0 Å². The zero-order valence-corrected chi connectivity index (χ0v) is 8.23. The largest absolute Gasteiger partial charge is 0.451 e. The van der Waals surface area contributed by atoms with E-state index in [1.54, 1.807) is 0 Å². The zero-order valence-electron chi connectivity index (χ0n) is 5.68. The molecule has 50 valence electrons. The first-order valence-electron chi connectivity index (χ1n) is 2.14. The van der Waals surface area contributed by atoms with Gasteiger partial charge in [0.15, 0.2) is 6.66 Å². The maximum absolute atomic E-state index is 9.36. The van der Waals surface area contributed by atoms with E-state index in [2.05, 4.69) is 20.0 Å². The zero-order chi connectivity index (χ0) is 7.15. The summed E-state index contributed by atoms with van der Waals surface area (Å²) in [5, 5.41) is 0. The Morgan fingerprint density at radius 1 is 1.38 bits per heavy atom. The molecule has 0 aliphatic heterocycles. The maximum atomic E-state index is 9.36. The number of hydrogen-bond acceptors (Lipinski definition) is 1. The molecular weight excluding hydrogens is 161 g/mol. The molecule has 1 atom stereocenters. The highest BCUT2D eigenvalue weighted by molar-refractivity contribution is 7.73. The lowest BCUT2D eigenvalue weighted by Crippen LogP contribution is -1.48. The van der Waals surface area contributed by atoms with Crippen molar-refractivity contribution in [1.82, 2.24) is 0 Å². The lowest BCUT2D eigenvalue weighted by Gasteiger charge is -1.81. The summed E-state index contributed by atoms with van der Waals surface area (Å²) >= 11 is 4.78. The standard InChI is InChI=1S/C3H9P.CH3ClOP/c2*1-4(2)3/h1-3H3;1H3/q;+1. The second-order valence-corrected chi connectivity index (χ2v) is 6.71. The molecule has 0 bridgehead atoms. The molecule has 0 N–H and O–H groups in total. The molecule has 0 saturated carbocycles. The van der Waals surface area contributed by atoms with Gasteiger partial charge in [0.25, 0.3) is 0 Å². The van der Waals surface area contributed by atoms with Crippen LogP contribution in [0.1, 0.15) is 0 Å². The van der Waals surface area contributed by atoms with Crippen LogP contribution in [0.15, 0.2) is 0 Å². The minimum atomic E-state index is -1.40. The SMILES string of the molecule is CP(C)C.C[P+](=O)Cl. The van der Waals surface area contributed by atoms with Crippen LogP contribution in [0.4, 0.5) is 0 Å². The van der Waals surface area contributed by atoms with Crippen LogP contribution in [-0.2, 0) is 4.57 Å². The van der Waals surface area contributed by atoms with E-state index in [0.717, 1.165) is 0 Å². The molecule has 0 rings (SSSR count). The summed E-state index contributed by atoms with van der Waals surface area (Å²) in [5.74, 6) is 0. The van der Waals surface area contributed by atoms with Crippen LogP contribution >= 0.6 is 26.3 Å². The minimum Gasteiger partial charge on any atom is -0.116 e. The molecule has 0 radical (unpaired) electrons. The molecule has 1 nitrogen and oxygen atoms in total. The predicted octanol–water partition coefficient (Wildman–Crippen LogP) is 2.96. The summed E-state index contributed by atoms with van der Waals surface area (Å²) in [7, 11) is -1.02. The van der Waals surface area contributed by atoms with Crippen molar-refractivity contribution >= 4 is 26.3 Å². The van der Waals surface area contributed by atoms with Crippen LogP contribution in [-0.4, -0.2) is 26.7 Å². The third-order valence-electron chi connectivity index (χ3n) is 0. The van der Waals surface area contributed by atoms with Crippen LogP contribution < -0.4 is 0 Å². The third kappa shape index (κ3) is 344. The lowest BCUT2D eigenvalue weighted by atomic mass is 11.9. The minimum absolute atomic E-state index is 0.380. The van der Waals surface area contributed by atoms with Crippen molar-refractivity contribution in [2.45, 2.75) is 0 Å². The first-order valence-corrected chi connectivity index (χ1v) is 7.44.